The molecule has 0 aliphatic carbocycles. The molecule has 1 rings (SSSR count). The van der Waals surface area contributed by atoms with E-state index in [1.165, 1.54) is 0 Å². The van der Waals surface area contributed by atoms with Crippen LogP contribution in [0.3, 0.4) is 0 Å². The van der Waals surface area contributed by atoms with E-state index in [1.807, 2.05) is 18.4 Å². The van der Waals surface area contributed by atoms with Crippen molar-refractivity contribution in [2.24, 2.45) is 0 Å². The molecule has 0 aliphatic heterocycles. The molecule has 1 aromatic rings. The largest absolute Gasteiger partial charge is 0.387 e. The Morgan fingerprint density at radius 3 is 2.59 bits per heavy atom. The van der Waals surface area contributed by atoms with Crippen molar-refractivity contribution in [3.63, 3.8) is 0 Å². The predicted octanol–water partition coefficient (Wildman–Crippen LogP) is 2.29. The normalized spacial score (nSPS) is 14.1. The molecule has 0 saturated carbocycles. The van der Waals surface area contributed by atoms with Crippen LogP contribution < -0.4 is 5.32 Å². The molecule has 1 atom stereocenters. The van der Waals surface area contributed by atoms with Crippen LogP contribution in [0.15, 0.2) is 28.7 Å². The van der Waals surface area contributed by atoms with Crippen LogP contribution >= 0.6 is 27.7 Å². The molecule has 0 spiro atoms. The van der Waals surface area contributed by atoms with Crippen LogP contribution in [0.25, 0.3) is 0 Å². The van der Waals surface area contributed by atoms with E-state index in [2.05, 4.69) is 21.2 Å². The Morgan fingerprint density at radius 2 is 2.06 bits per heavy atom. The van der Waals surface area contributed by atoms with E-state index in [-0.39, 0.29) is 12.5 Å². The lowest BCUT2D eigenvalue weighted by Crippen LogP contribution is -2.42. The Labute approximate surface area is 114 Å². The molecule has 0 heterocycles. The molecule has 94 valence electrons. The fourth-order valence-corrected chi connectivity index (χ4v) is 2.32. The van der Waals surface area contributed by atoms with Gasteiger partial charge in [-0.1, -0.05) is 15.9 Å². The third kappa shape index (κ3) is 5.10. The third-order valence-electron chi connectivity index (χ3n) is 2.19. The Morgan fingerprint density at radius 1 is 1.47 bits per heavy atom. The maximum Gasteiger partial charge on any atom is 0.251 e. The SMILES string of the molecule is CSC[C@@](C)(O)CNC(=O)c1ccc(Br)cc1. The van der Waals surface area contributed by atoms with Crippen molar-refractivity contribution in [3.8, 4) is 0 Å². The summed E-state index contributed by atoms with van der Waals surface area (Å²) < 4.78 is 0.934. The zero-order chi connectivity index (χ0) is 12.9. The highest BCUT2D eigenvalue weighted by atomic mass is 79.9. The molecule has 17 heavy (non-hydrogen) atoms. The van der Waals surface area contributed by atoms with Gasteiger partial charge < -0.3 is 10.4 Å². The summed E-state index contributed by atoms with van der Waals surface area (Å²) in [5, 5.41) is 12.6. The maximum atomic E-state index is 11.8. The van der Waals surface area contributed by atoms with E-state index in [0.717, 1.165) is 4.47 Å². The average Bonchev–Trinajstić information content (AvgIpc) is 2.27. The fraction of sp³-hybridized carbons (Fsp3) is 0.417. The van der Waals surface area contributed by atoms with Gasteiger partial charge in [0.2, 0.25) is 0 Å². The van der Waals surface area contributed by atoms with Gasteiger partial charge >= 0.3 is 0 Å². The number of benzene rings is 1. The molecule has 5 heteroatoms. The van der Waals surface area contributed by atoms with Gasteiger partial charge in [-0.25, -0.2) is 0 Å². The van der Waals surface area contributed by atoms with Crippen LogP contribution in [0.1, 0.15) is 17.3 Å². The molecule has 0 bridgehead atoms. The Balaban J connectivity index is 2.53. The topological polar surface area (TPSA) is 49.3 Å². The zero-order valence-corrected chi connectivity index (χ0v) is 12.3. The van der Waals surface area contributed by atoms with Crippen LogP contribution in [0.5, 0.6) is 0 Å². The first-order chi connectivity index (χ1) is 7.94. The van der Waals surface area contributed by atoms with E-state index in [1.54, 1.807) is 30.8 Å². The summed E-state index contributed by atoms with van der Waals surface area (Å²) in [5.41, 5.74) is -0.280. The monoisotopic (exact) mass is 317 g/mol. The van der Waals surface area contributed by atoms with E-state index in [9.17, 15) is 9.90 Å². The van der Waals surface area contributed by atoms with Gasteiger partial charge in [0.25, 0.3) is 5.91 Å². The van der Waals surface area contributed by atoms with Crippen LogP contribution in [-0.2, 0) is 0 Å². The molecule has 2 N–H and O–H groups in total. The van der Waals surface area contributed by atoms with E-state index in [0.29, 0.717) is 11.3 Å². The van der Waals surface area contributed by atoms with Gasteiger partial charge in [-0.3, -0.25) is 4.79 Å². The van der Waals surface area contributed by atoms with Gasteiger partial charge in [-0.15, -0.1) is 0 Å². The summed E-state index contributed by atoms with van der Waals surface area (Å²) in [6, 6.07) is 7.11. The first-order valence-electron chi connectivity index (χ1n) is 5.20. The number of aliphatic hydroxyl groups is 1. The number of halogens is 1. The average molecular weight is 318 g/mol. The molecule has 0 unspecified atom stereocenters. The predicted molar refractivity (Wildman–Crippen MR) is 75.5 cm³/mol. The Hall–Kier alpha value is -0.520. The van der Waals surface area contributed by atoms with Crippen LogP contribution in [0.4, 0.5) is 0 Å². The highest BCUT2D eigenvalue weighted by Gasteiger charge is 2.20. The van der Waals surface area contributed by atoms with Crippen LogP contribution in [0.2, 0.25) is 0 Å². The molecule has 1 aromatic carbocycles. The van der Waals surface area contributed by atoms with Crippen molar-refractivity contribution < 1.29 is 9.90 Å². The van der Waals surface area contributed by atoms with Crippen molar-refractivity contribution in [2.45, 2.75) is 12.5 Å². The summed E-state index contributed by atoms with van der Waals surface area (Å²) >= 11 is 4.86. The van der Waals surface area contributed by atoms with Crippen LogP contribution in [-0.4, -0.2) is 35.2 Å². The second-order valence-corrected chi connectivity index (χ2v) is 5.90. The second kappa shape index (κ2) is 6.42. The number of carbonyl (C=O) groups excluding carboxylic acids is 1. The molecular weight excluding hydrogens is 302 g/mol. The number of hydrogen-bond donors (Lipinski definition) is 2. The lowest BCUT2D eigenvalue weighted by atomic mass is 10.1. The smallest absolute Gasteiger partial charge is 0.251 e. The number of hydrogen-bond acceptors (Lipinski definition) is 3. The highest BCUT2D eigenvalue weighted by Crippen LogP contribution is 2.12. The van der Waals surface area contributed by atoms with Crippen molar-refractivity contribution in [2.75, 3.05) is 18.6 Å². The first-order valence-corrected chi connectivity index (χ1v) is 7.38. The maximum absolute atomic E-state index is 11.8. The van der Waals surface area contributed by atoms with E-state index >= 15 is 0 Å². The minimum atomic E-state index is -0.871. The summed E-state index contributed by atoms with van der Waals surface area (Å²) in [6.07, 6.45) is 1.92. The van der Waals surface area contributed by atoms with Crippen LogP contribution in [0, 0.1) is 0 Å². The minimum absolute atomic E-state index is 0.168. The summed E-state index contributed by atoms with van der Waals surface area (Å²) in [7, 11) is 0. The molecule has 0 aliphatic rings. The van der Waals surface area contributed by atoms with Gasteiger partial charge in [0, 0.05) is 22.3 Å². The molecule has 0 radical (unpaired) electrons. The van der Waals surface area contributed by atoms with Crippen molar-refractivity contribution in [3.05, 3.63) is 34.3 Å². The highest BCUT2D eigenvalue weighted by molar-refractivity contribution is 9.10. The van der Waals surface area contributed by atoms with Gasteiger partial charge in [-0.05, 0) is 37.4 Å². The lowest BCUT2D eigenvalue weighted by molar-refractivity contribution is 0.0725. The number of carbonyl (C=O) groups is 1. The molecule has 1 amide bonds. The van der Waals surface area contributed by atoms with Gasteiger partial charge in [0.05, 0.1) is 5.60 Å². The molecule has 0 aromatic heterocycles. The number of amides is 1. The Bertz CT molecular complexity index is 379. The summed E-state index contributed by atoms with van der Waals surface area (Å²) in [4.78, 5) is 11.8. The quantitative estimate of drug-likeness (QED) is 0.876. The summed E-state index contributed by atoms with van der Waals surface area (Å²) in [6.45, 7) is 1.97. The molecule has 0 saturated heterocycles. The van der Waals surface area contributed by atoms with Gasteiger partial charge in [-0.2, -0.15) is 11.8 Å². The molecular formula is C12H16BrNO2S. The number of rotatable bonds is 5. The fourth-order valence-electron chi connectivity index (χ4n) is 1.34. The second-order valence-electron chi connectivity index (χ2n) is 4.12. The van der Waals surface area contributed by atoms with Gasteiger partial charge in [0.15, 0.2) is 0 Å². The van der Waals surface area contributed by atoms with Gasteiger partial charge in [0.1, 0.15) is 0 Å². The zero-order valence-electron chi connectivity index (χ0n) is 9.87. The molecule has 0 fully saturated rings. The summed E-state index contributed by atoms with van der Waals surface area (Å²) in [5.74, 6) is 0.423. The van der Waals surface area contributed by atoms with Crippen molar-refractivity contribution in [1.82, 2.24) is 5.32 Å². The Kier molecular flexibility index (Phi) is 5.49. The minimum Gasteiger partial charge on any atom is -0.387 e. The number of nitrogens with one attached hydrogen (secondary N) is 1. The van der Waals surface area contributed by atoms with Crippen molar-refractivity contribution in [1.29, 1.82) is 0 Å². The van der Waals surface area contributed by atoms with E-state index < -0.39 is 5.60 Å². The number of thioether (sulfide) groups is 1. The third-order valence-corrected chi connectivity index (χ3v) is 3.63. The lowest BCUT2D eigenvalue weighted by Gasteiger charge is -2.22. The first kappa shape index (κ1) is 14.5. The molecule has 3 nitrogen and oxygen atoms in total. The van der Waals surface area contributed by atoms with Crippen molar-refractivity contribution >= 4 is 33.6 Å². The standard InChI is InChI=1S/C12H16BrNO2S/c1-12(16,8-17-2)7-14-11(15)9-3-5-10(13)6-4-9/h3-6,16H,7-8H2,1-2H3,(H,14,15)/t12-/m0/s1. The van der Waals surface area contributed by atoms with E-state index in [4.69, 9.17) is 0 Å².